The lowest BCUT2D eigenvalue weighted by Crippen LogP contribution is -2.27. The Morgan fingerprint density at radius 3 is 2.70 bits per heavy atom. The van der Waals surface area contributed by atoms with Gasteiger partial charge in [0.25, 0.3) is 0 Å². The number of methoxy groups -OCH3 is 1. The molecule has 1 aromatic heterocycles. The topological polar surface area (TPSA) is 74.4 Å². The zero-order valence-electron chi connectivity index (χ0n) is 15.2. The quantitative estimate of drug-likeness (QED) is 0.707. The Kier molecular flexibility index (Phi) is 4.08. The van der Waals surface area contributed by atoms with Crippen LogP contribution in [0.4, 0.5) is 5.69 Å². The number of halogens is 1. The van der Waals surface area contributed by atoms with Crippen LogP contribution >= 0.6 is 11.6 Å². The summed E-state index contributed by atoms with van der Waals surface area (Å²) < 4.78 is 7.15. The molecule has 0 fully saturated rings. The number of rotatable bonds is 3. The van der Waals surface area contributed by atoms with Gasteiger partial charge < -0.3 is 19.3 Å². The van der Waals surface area contributed by atoms with Gasteiger partial charge in [-0.25, -0.2) is 4.98 Å². The number of aliphatic hydroxyl groups is 1. The monoisotopic (exact) mass is 382 g/mol. The van der Waals surface area contributed by atoms with Crippen molar-refractivity contribution in [3.8, 4) is 5.75 Å². The van der Waals surface area contributed by atoms with Crippen molar-refractivity contribution < 1.29 is 9.84 Å². The highest BCUT2D eigenvalue weighted by atomic mass is 35.5. The van der Waals surface area contributed by atoms with Crippen molar-refractivity contribution in [2.45, 2.75) is 6.92 Å². The first-order chi connectivity index (χ1) is 12.9. The number of fused-ring (bicyclic) bond motifs is 1. The van der Waals surface area contributed by atoms with Crippen LogP contribution in [0.15, 0.2) is 42.2 Å². The molecule has 2 aromatic carbocycles. The Hall–Kier alpha value is -2.99. The fourth-order valence-corrected chi connectivity index (χ4v) is 3.70. The van der Waals surface area contributed by atoms with E-state index in [0.29, 0.717) is 22.2 Å². The Bertz CT molecular complexity index is 1120. The second kappa shape index (κ2) is 6.32. The minimum absolute atomic E-state index is 0.125. The van der Waals surface area contributed by atoms with Gasteiger partial charge in [0.05, 0.1) is 30.3 Å². The molecule has 0 saturated heterocycles. The molecule has 7 heteroatoms. The summed E-state index contributed by atoms with van der Waals surface area (Å²) in [6.07, 6.45) is 0. The Balaban J connectivity index is 1.78. The van der Waals surface area contributed by atoms with Gasteiger partial charge >= 0.3 is 0 Å². The SMILES string of the molecule is COc1ccc2c(c1)nc(C1=C(O)CN(c3ccc(Cl)cc3C)C1=N)n2C. The predicted molar refractivity (Wildman–Crippen MR) is 108 cm³/mol. The lowest BCUT2D eigenvalue weighted by Gasteiger charge is -2.21. The number of ether oxygens (including phenoxy) is 1. The molecule has 2 heterocycles. The van der Waals surface area contributed by atoms with Gasteiger partial charge in [-0.2, -0.15) is 0 Å². The van der Waals surface area contributed by atoms with Crippen LogP contribution in [0.2, 0.25) is 5.02 Å². The summed E-state index contributed by atoms with van der Waals surface area (Å²) in [6, 6.07) is 11.1. The van der Waals surface area contributed by atoms with Crippen LogP contribution in [0.1, 0.15) is 11.4 Å². The molecule has 0 radical (unpaired) electrons. The largest absolute Gasteiger partial charge is 0.509 e. The minimum atomic E-state index is 0.125. The molecule has 138 valence electrons. The molecule has 0 saturated carbocycles. The Labute approximate surface area is 161 Å². The van der Waals surface area contributed by atoms with Crippen molar-refractivity contribution in [2.24, 2.45) is 7.05 Å². The third-order valence-electron chi connectivity index (χ3n) is 4.86. The van der Waals surface area contributed by atoms with Gasteiger partial charge in [-0.05, 0) is 42.8 Å². The molecule has 2 N–H and O–H groups in total. The molecule has 1 aliphatic heterocycles. The summed E-state index contributed by atoms with van der Waals surface area (Å²) in [6.45, 7) is 2.16. The number of aromatic nitrogens is 2. The zero-order valence-corrected chi connectivity index (χ0v) is 16.0. The summed E-state index contributed by atoms with van der Waals surface area (Å²) in [7, 11) is 3.49. The van der Waals surface area contributed by atoms with E-state index in [1.54, 1.807) is 18.1 Å². The first kappa shape index (κ1) is 17.4. The molecule has 0 amide bonds. The van der Waals surface area contributed by atoms with E-state index < -0.39 is 0 Å². The highest BCUT2D eigenvalue weighted by Crippen LogP contribution is 2.34. The van der Waals surface area contributed by atoms with Crippen LogP contribution in [0, 0.1) is 12.3 Å². The standard InChI is InChI=1S/C20H19ClN4O2/c1-11-8-12(21)4-6-15(11)25-10-17(26)18(19(25)22)20-23-14-9-13(27-3)5-7-16(14)24(20)2/h4-9,22,26H,10H2,1-3H3. The van der Waals surface area contributed by atoms with Crippen LogP contribution in [-0.2, 0) is 7.05 Å². The number of anilines is 1. The van der Waals surface area contributed by atoms with E-state index in [1.807, 2.05) is 48.9 Å². The number of nitrogens with zero attached hydrogens (tertiary/aromatic N) is 3. The van der Waals surface area contributed by atoms with Crippen LogP contribution in [0.5, 0.6) is 5.75 Å². The minimum Gasteiger partial charge on any atom is -0.509 e. The molecule has 0 unspecified atom stereocenters. The van der Waals surface area contributed by atoms with E-state index in [2.05, 4.69) is 4.98 Å². The zero-order chi connectivity index (χ0) is 19.3. The lowest BCUT2D eigenvalue weighted by atomic mass is 10.1. The average Bonchev–Trinajstić information content (AvgIpc) is 3.10. The second-order valence-electron chi connectivity index (χ2n) is 6.54. The van der Waals surface area contributed by atoms with E-state index in [0.717, 1.165) is 22.3 Å². The van der Waals surface area contributed by atoms with Gasteiger partial charge in [0.1, 0.15) is 23.2 Å². The van der Waals surface area contributed by atoms with Gasteiger partial charge in [-0.15, -0.1) is 0 Å². The highest BCUT2D eigenvalue weighted by Gasteiger charge is 2.33. The smallest absolute Gasteiger partial charge is 0.148 e. The highest BCUT2D eigenvalue weighted by molar-refractivity contribution is 6.32. The van der Waals surface area contributed by atoms with E-state index in [1.165, 1.54) is 0 Å². The number of aryl methyl sites for hydroxylation is 2. The maximum atomic E-state index is 10.6. The second-order valence-corrected chi connectivity index (χ2v) is 6.97. The van der Waals surface area contributed by atoms with E-state index in [9.17, 15) is 5.11 Å². The normalized spacial score (nSPS) is 14.5. The van der Waals surface area contributed by atoms with E-state index in [4.69, 9.17) is 21.7 Å². The van der Waals surface area contributed by atoms with Crippen molar-refractivity contribution >= 4 is 39.7 Å². The van der Waals surface area contributed by atoms with Crippen molar-refractivity contribution in [3.63, 3.8) is 0 Å². The lowest BCUT2D eigenvalue weighted by molar-refractivity contribution is 0.411. The summed E-state index contributed by atoms with van der Waals surface area (Å²) in [5.41, 5.74) is 3.87. The van der Waals surface area contributed by atoms with E-state index >= 15 is 0 Å². The van der Waals surface area contributed by atoms with Gasteiger partial charge in [0, 0.05) is 23.8 Å². The molecule has 6 nitrogen and oxygen atoms in total. The van der Waals surface area contributed by atoms with Crippen molar-refractivity contribution in [1.82, 2.24) is 9.55 Å². The third kappa shape index (κ3) is 2.73. The van der Waals surface area contributed by atoms with Gasteiger partial charge in [0.15, 0.2) is 0 Å². The van der Waals surface area contributed by atoms with E-state index in [-0.39, 0.29) is 18.1 Å². The van der Waals surface area contributed by atoms with Crippen molar-refractivity contribution in [2.75, 3.05) is 18.6 Å². The van der Waals surface area contributed by atoms with Crippen LogP contribution in [0.25, 0.3) is 16.6 Å². The molecule has 0 spiro atoms. The molecule has 0 atom stereocenters. The molecule has 1 aliphatic rings. The van der Waals surface area contributed by atoms with Gasteiger partial charge in [0.2, 0.25) is 0 Å². The number of nitrogens with one attached hydrogen (secondary N) is 1. The van der Waals surface area contributed by atoms with Crippen molar-refractivity contribution in [1.29, 1.82) is 5.41 Å². The van der Waals surface area contributed by atoms with Gasteiger partial charge in [-0.1, -0.05) is 11.6 Å². The summed E-state index contributed by atoms with van der Waals surface area (Å²) in [4.78, 5) is 6.41. The molecule has 4 rings (SSSR count). The predicted octanol–water partition coefficient (Wildman–Crippen LogP) is 4.31. The van der Waals surface area contributed by atoms with Crippen molar-refractivity contribution in [3.05, 3.63) is 58.6 Å². The number of benzene rings is 2. The molecular weight excluding hydrogens is 364 g/mol. The molecule has 27 heavy (non-hydrogen) atoms. The fourth-order valence-electron chi connectivity index (χ4n) is 3.47. The first-order valence-corrected chi connectivity index (χ1v) is 8.84. The average molecular weight is 383 g/mol. The Morgan fingerprint density at radius 2 is 2.00 bits per heavy atom. The number of aliphatic hydroxyl groups excluding tert-OH is 1. The van der Waals surface area contributed by atoms with Crippen LogP contribution in [0.3, 0.4) is 0 Å². The number of hydrogen-bond acceptors (Lipinski definition) is 4. The third-order valence-corrected chi connectivity index (χ3v) is 5.10. The summed E-state index contributed by atoms with van der Waals surface area (Å²) in [5.74, 6) is 1.60. The molecule has 0 aliphatic carbocycles. The molecular formula is C20H19ClN4O2. The number of amidine groups is 1. The van der Waals surface area contributed by atoms with Crippen LogP contribution in [-0.4, -0.2) is 34.1 Å². The number of hydrogen-bond donors (Lipinski definition) is 2. The first-order valence-electron chi connectivity index (χ1n) is 8.46. The number of imidazole rings is 1. The molecule has 3 aromatic rings. The van der Waals surface area contributed by atoms with Gasteiger partial charge in [-0.3, -0.25) is 5.41 Å². The summed E-state index contributed by atoms with van der Waals surface area (Å²) >= 11 is 6.05. The summed E-state index contributed by atoms with van der Waals surface area (Å²) in [5, 5.41) is 19.9. The maximum absolute atomic E-state index is 10.6. The molecule has 0 bridgehead atoms. The maximum Gasteiger partial charge on any atom is 0.148 e. The Morgan fingerprint density at radius 1 is 1.22 bits per heavy atom. The fraction of sp³-hybridized carbons (Fsp3) is 0.200. The van der Waals surface area contributed by atoms with Crippen LogP contribution < -0.4 is 9.64 Å².